The minimum atomic E-state index is -2.10. The Morgan fingerprint density at radius 2 is 1.68 bits per heavy atom. The monoisotopic (exact) mass is 375 g/mol. The molecule has 3 fully saturated rings. The fraction of sp³-hybridized carbons (Fsp3) is 0.933. The molecule has 3 aliphatic heterocycles. The van der Waals surface area contributed by atoms with Crippen molar-refractivity contribution in [1.82, 2.24) is 4.90 Å². The number of hydrogen-bond donors (Lipinski definition) is 0. The molecule has 0 amide bonds. The SMILES string of the molecule is CCOC(=O)C[C@H](C)[Sn]12[CH2]CCN(CC[CH2]1)CC[CH2]2. The summed E-state index contributed by atoms with van der Waals surface area (Å²) in [5, 5.41) is 0. The Morgan fingerprint density at radius 1 is 1.16 bits per heavy atom. The van der Waals surface area contributed by atoms with Crippen molar-refractivity contribution in [2.24, 2.45) is 0 Å². The summed E-state index contributed by atoms with van der Waals surface area (Å²) in [5.74, 6) is 0.0480. The van der Waals surface area contributed by atoms with Gasteiger partial charge in [-0.1, -0.05) is 0 Å². The molecule has 2 bridgehead atoms. The van der Waals surface area contributed by atoms with E-state index in [9.17, 15) is 4.79 Å². The third-order valence-electron chi connectivity index (χ3n) is 5.27. The van der Waals surface area contributed by atoms with Gasteiger partial charge in [0.05, 0.1) is 0 Å². The summed E-state index contributed by atoms with van der Waals surface area (Å²) in [4.78, 5) is 14.5. The van der Waals surface area contributed by atoms with Gasteiger partial charge in [-0.3, -0.25) is 0 Å². The standard InChI is InChI=1S/C9H18N.C6H11O2.Sn/c1-4-7-10(8-5-2)9-6-3;1-3-5-6(7)8-4-2;/h1-9H2;3H,4-5H2,1-2H3;. The van der Waals surface area contributed by atoms with Crippen molar-refractivity contribution in [2.45, 2.75) is 56.8 Å². The summed E-state index contributed by atoms with van der Waals surface area (Å²) in [6, 6.07) is 0. The van der Waals surface area contributed by atoms with Crippen LogP contribution in [0.15, 0.2) is 0 Å². The van der Waals surface area contributed by atoms with Crippen LogP contribution in [0.2, 0.25) is 17.2 Å². The third-order valence-corrected chi connectivity index (χ3v) is 23.4. The molecule has 110 valence electrons. The van der Waals surface area contributed by atoms with Crippen LogP contribution in [-0.2, 0) is 9.53 Å². The summed E-state index contributed by atoms with van der Waals surface area (Å²) in [7, 11) is 0. The Morgan fingerprint density at radius 3 is 2.16 bits per heavy atom. The Balaban J connectivity index is 2.02. The number of esters is 1. The van der Waals surface area contributed by atoms with E-state index in [1.165, 1.54) is 52.2 Å². The molecule has 19 heavy (non-hydrogen) atoms. The van der Waals surface area contributed by atoms with E-state index in [0.29, 0.717) is 17.0 Å². The molecule has 0 spiro atoms. The van der Waals surface area contributed by atoms with Gasteiger partial charge in [0, 0.05) is 0 Å². The van der Waals surface area contributed by atoms with Gasteiger partial charge in [0.2, 0.25) is 0 Å². The van der Waals surface area contributed by atoms with Gasteiger partial charge in [-0.05, 0) is 0 Å². The van der Waals surface area contributed by atoms with Gasteiger partial charge in [0.25, 0.3) is 0 Å². The van der Waals surface area contributed by atoms with Gasteiger partial charge < -0.3 is 0 Å². The maximum absolute atomic E-state index is 11.8. The summed E-state index contributed by atoms with van der Waals surface area (Å²) in [6.45, 7) is 8.74. The quantitative estimate of drug-likeness (QED) is 0.559. The Kier molecular flexibility index (Phi) is 6.00. The zero-order chi connectivity index (χ0) is 13.7. The molecule has 4 heteroatoms. The molecule has 3 heterocycles. The van der Waals surface area contributed by atoms with Crippen LogP contribution in [0.4, 0.5) is 0 Å². The molecule has 0 aromatic heterocycles. The van der Waals surface area contributed by atoms with Crippen molar-refractivity contribution in [1.29, 1.82) is 0 Å². The number of ether oxygens (including phenoxy) is 1. The molecular weight excluding hydrogens is 345 g/mol. The van der Waals surface area contributed by atoms with E-state index in [0.717, 1.165) is 0 Å². The zero-order valence-electron chi connectivity index (χ0n) is 12.6. The first-order valence-electron chi connectivity index (χ1n) is 8.04. The zero-order valence-corrected chi connectivity index (χ0v) is 15.5. The minimum absolute atomic E-state index is 0.0480. The molecule has 0 saturated carbocycles. The molecule has 3 nitrogen and oxygen atoms in total. The molecule has 3 aliphatic rings. The van der Waals surface area contributed by atoms with E-state index < -0.39 is 18.4 Å². The Hall–Kier alpha value is 0.229. The molecule has 0 aromatic carbocycles. The number of carbonyl (C=O) groups is 1. The van der Waals surface area contributed by atoms with Crippen molar-refractivity contribution in [2.75, 3.05) is 26.2 Å². The molecule has 0 aromatic rings. The van der Waals surface area contributed by atoms with Crippen molar-refractivity contribution < 1.29 is 9.53 Å². The average Bonchev–Trinajstić information content (AvgIpc) is 2.26. The van der Waals surface area contributed by atoms with Crippen LogP contribution in [0, 0.1) is 0 Å². The van der Waals surface area contributed by atoms with Gasteiger partial charge in [-0.2, -0.15) is 0 Å². The summed E-state index contributed by atoms with van der Waals surface area (Å²) < 4.78 is 10.4. The second kappa shape index (κ2) is 7.30. The normalized spacial score (nSPS) is 33.1. The van der Waals surface area contributed by atoms with E-state index in [1.807, 2.05) is 6.92 Å². The van der Waals surface area contributed by atoms with Crippen molar-refractivity contribution in [3.05, 3.63) is 0 Å². The molecule has 3 rings (SSSR count). The Bertz CT molecular complexity index is 282. The van der Waals surface area contributed by atoms with Crippen LogP contribution in [-0.4, -0.2) is 55.5 Å². The van der Waals surface area contributed by atoms with Crippen molar-refractivity contribution >= 4 is 24.3 Å². The maximum atomic E-state index is 11.8. The van der Waals surface area contributed by atoms with Crippen LogP contribution < -0.4 is 0 Å². The second-order valence-corrected chi connectivity index (χ2v) is 21.3. The van der Waals surface area contributed by atoms with Gasteiger partial charge in [-0.15, -0.1) is 0 Å². The van der Waals surface area contributed by atoms with E-state index in [1.54, 1.807) is 0 Å². The fourth-order valence-electron chi connectivity index (χ4n) is 4.10. The van der Waals surface area contributed by atoms with Gasteiger partial charge in [-0.25, -0.2) is 0 Å². The molecule has 0 aliphatic carbocycles. The predicted octanol–water partition coefficient (Wildman–Crippen LogP) is 3.28. The van der Waals surface area contributed by atoms with Crippen LogP contribution in [0.3, 0.4) is 0 Å². The number of carbonyl (C=O) groups excluding carboxylic acids is 1. The molecule has 0 unspecified atom stereocenters. The van der Waals surface area contributed by atoms with Crippen molar-refractivity contribution in [3.63, 3.8) is 0 Å². The van der Waals surface area contributed by atoms with Crippen LogP contribution >= 0.6 is 0 Å². The number of nitrogens with zero attached hydrogens (tertiary/aromatic N) is 1. The molecule has 3 saturated heterocycles. The number of hydrogen-bond acceptors (Lipinski definition) is 3. The molecule has 0 radical (unpaired) electrons. The molecular formula is C15H29NO2Sn. The van der Waals surface area contributed by atoms with Gasteiger partial charge in [0.15, 0.2) is 0 Å². The molecule has 1 atom stereocenters. The van der Waals surface area contributed by atoms with Crippen molar-refractivity contribution in [3.8, 4) is 0 Å². The molecule has 0 N–H and O–H groups in total. The second-order valence-electron chi connectivity index (χ2n) is 6.42. The van der Waals surface area contributed by atoms with E-state index >= 15 is 0 Å². The number of rotatable bonds is 4. The summed E-state index contributed by atoms with van der Waals surface area (Å²) in [6.07, 6.45) is 4.88. The van der Waals surface area contributed by atoms with E-state index in [4.69, 9.17) is 4.74 Å². The topological polar surface area (TPSA) is 29.5 Å². The van der Waals surface area contributed by atoms with Gasteiger partial charge >= 0.3 is 122 Å². The Labute approximate surface area is 121 Å². The first-order chi connectivity index (χ1) is 9.16. The number of fused-ring (bicyclic) bond motifs is 6. The predicted molar refractivity (Wildman–Crippen MR) is 81.1 cm³/mol. The first-order valence-corrected chi connectivity index (χ1v) is 15.7. The average molecular weight is 374 g/mol. The first kappa shape index (κ1) is 15.6. The summed E-state index contributed by atoms with van der Waals surface area (Å²) >= 11 is -2.10. The van der Waals surface area contributed by atoms with Crippen LogP contribution in [0.25, 0.3) is 0 Å². The third kappa shape index (κ3) is 4.10. The van der Waals surface area contributed by atoms with Gasteiger partial charge in [0.1, 0.15) is 0 Å². The van der Waals surface area contributed by atoms with Crippen LogP contribution in [0.1, 0.15) is 39.5 Å². The van der Waals surface area contributed by atoms with E-state index in [2.05, 4.69) is 11.8 Å². The van der Waals surface area contributed by atoms with Crippen LogP contribution in [0.5, 0.6) is 0 Å². The summed E-state index contributed by atoms with van der Waals surface area (Å²) in [5.41, 5.74) is 0. The fourth-order valence-corrected chi connectivity index (χ4v) is 19.6. The van der Waals surface area contributed by atoms with E-state index in [-0.39, 0.29) is 5.97 Å².